The zero-order valence-electron chi connectivity index (χ0n) is 19.1. The summed E-state index contributed by atoms with van der Waals surface area (Å²) in [7, 11) is 2.07. The van der Waals surface area contributed by atoms with Crippen molar-refractivity contribution >= 4 is 17.0 Å². The number of halogens is 1. The van der Waals surface area contributed by atoms with Crippen molar-refractivity contribution in [2.45, 2.75) is 25.4 Å². The van der Waals surface area contributed by atoms with Gasteiger partial charge in [-0.2, -0.15) is 0 Å². The Morgan fingerprint density at radius 2 is 1.91 bits per heavy atom. The van der Waals surface area contributed by atoms with Crippen molar-refractivity contribution in [2.75, 3.05) is 20.1 Å². The van der Waals surface area contributed by atoms with Crippen LogP contribution in [-0.4, -0.2) is 52.0 Å². The number of carbonyl (C=O) groups is 1. The minimum atomic E-state index is -0.508. The van der Waals surface area contributed by atoms with Gasteiger partial charge in [-0.1, -0.05) is 18.2 Å². The molecule has 0 aliphatic carbocycles. The SMILES string of the molecule is CN1CCC(N(Cc2cc(-c3ccc4[nH]ccc4c3)ccc2F)C(=O)Oc2ccccn2)CC1. The first-order valence-corrected chi connectivity index (χ1v) is 11.5. The van der Waals surface area contributed by atoms with E-state index < -0.39 is 6.09 Å². The van der Waals surface area contributed by atoms with Gasteiger partial charge in [-0.3, -0.25) is 0 Å². The molecule has 0 saturated carbocycles. The van der Waals surface area contributed by atoms with E-state index in [0.29, 0.717) is 5.56 Å². The van der Waals surface area contributed by atoms with Crippen LogP contribution in [0.1, 0.15) is 18.4 Å². The lowest BCUT2D eigenvalue weighted by atomic mass is 9.99. The number of nitrogens with zero attached hydrogens (tertiary/aromatic N) is 3. The quantitative estimate of drug-likeness (QED) is 0.431. The van der Waals surface area contributed by atoms with Crippen LogP contribution in [0.4, 0.5) is 9.18 Å². The van der Waals surface area contributed by atoms with Crippen LogP contribution in [0, 0.1) is 5.82 Å². The Morgan fingerprint density at radius 1 is 1.12 bits per heavy atom. The summed E-state index contributed by atoms with van der Waals surface area (Å²) in [6.07, 6.45) is 4.58. The molecule has 0 bridgehead atoms. The van der Waals surface area contributed by atoms with Crippen LogP contribution in [0.2, 0.25) is 0 Å². The first kappa shape index (κ1) is 22.1. The maximum atomic E-state index is 15.0. The maximum absolute atomic E-state index is 15.0. The highest BCUT2D eigenvalue weighted by molar-refractivity contribution is 5.85. The van der Waals surface area contributed by atoms with Crippen molar-refractivity contribution < 1.29 is 13.9 Å². The number of likely N-dealkylation sites (tertiary alicyclic amines) is 1. The predicted octanol–water partition coefficient (Wildman–Crippen LogP) is 5.46. The van der Waals surface area contributed by atoms with Crippen LogP contribution in [0.3, 0.4) is 0 Å². The highest BCUT2D eigenvalue weighted by Crippen LogP contribution is 2.28. The minimum absolute atomic E-state index is 0.0355. The van der Waals surface area contributed by atoms with E-state index in [9.17, 15) is 9.18 Å². The molecule has 0 radical (unpaired) electrons. The van der Waals surface area contributed by atoms with Crippen molar-refractivity contribution in [3.05, 3.63) is 84.4 Å². The summed E-state index contributed by atoms with van der Waals surface area (Å²) in [5, 5.41) is 1.09. The second-order valence-electron chi connectivity index (χ2n) is 8.78. The summed E-state index contributed by atoms with van der Waals surface area (Å²) in [5.74, 6) is -0.102. The van der Waals surface area contributed by atoms with E-state index in [0.717, 1.165) is 48.0 Å². The number of aromatic nitrogens is 2. The van der Waals surface area contributed by atoms with Gasteiger partial charge in [0.05, 0.1) is 6.54 Å². The largest absolute Gasteiger partial charge is 0.417 e. The number of benzene rings is 2. The highest BCUT2D eigenvalue weighted by atomic mass is 19.1. The topological polar surface area (TPSA) is 61.5 Å². The maximum Gasteiger partial charge on any atom is 0.417 e. The fourth-order valence-corrected chi connectivity index (χ4v) is 4.50. The monoisotopic (exact) mass is 458 g/mol. The second kappa shape index (κ2) is 9.65. The number of pyridine rings is 1. The molecule has 1 aliphatic heterocycles. The van der Waals surface area contributed by atoms with Gasteiger partial charge in [-0.25, -0.2) is 14.2 Å². The number of amides is 1. The molecule has 1 aliphatic rings. The number of ether oxygens (including phenoxy) is 1. The molecule has 0 unspecified atom stereocenters. The zero-order valence-corrected chi connectivity index (χ0v) is 19.1. The molecular formula is C27H27FN4O2. The average molecular weight is 459 g/mol. The molecule has 5 rings (SSSR count). The first-order valence-electron chi connectivity index (χ1n) is 11.5. The van der Waals surface area contributed by atoms with Crippen molar-refractivity contribution in [1.29, 1.82) is 0 Å². The second-order valence-corrected chi connectivity index (χ2v) is 8.78. The lowest BCUT2D eigenvalue weighted by molar-refractivity contribution is 0.0962. The Kier molecular flexibility index (Phi) is 6.27. The minimum Gasteiger partial charge on any atom is -0.391 e. The molecule has 7 heteroatoms. The lowest BCUT2D eigenvalue weighted by Crippen LogP contribution is -2.47. The van der Waals surface area contributed by atoms with Gasteiger partial charge in [0.2, 0.25) is 5.88 Å². The molecule has 34 heavy (non-hydrogen) atoms. The number of piperidine rings is 1. The van der Waals surface area contributed by atoms with Crippen LogP contribution in [0.25, 0.3) is 22.0 Å². The van der Waals surface area contributed by atoms with E-state index in [-0.39, 0.29) is 24.3 Å². The number of carbonyl (C=O) groups excluding carboxylic acids is 1. The zero-order chi connectivity index (χ0) is 23.5. The normalized spacial score (nSPS) is 14.9. The molecule has 0 spiro atoms. The molecule has 1 N–H and O–H groups in total. The smallest absolute Gasteiger partial charge is 0.391 e. The van der Waals surface area contributed by atoms with Gasteiger partial charge >= 0.3 is 6.09 Å². The Balaban J connectivity index is 1.43. The van der Waals surface area contributed by atoms with Gasteiger partial charge in [0, 0.05) is 35.6 Å². The number of aromatic amines is 1. The molecule has 3 heterocycles. The van der Waals surface area contributed by atoms with E-state index >= 15 is 0 Å². The molecule has 1 amide bonds. The van der Waals surface area contributed by atoms with Gasteiger partial charge in [0.25, 0.3) is 0 Å². The Labute approximate surface area is 198 Å². The van der Waals surface area contributed by atoms with Crippen molar-refractivity contribution in [3.8, 4) is 17.0 Å². The Bertz CT molecular complexity index is 1280. The molecule has 2 aromatic heterocycles. The molecule has 0 atom stereocenters. The van der Waals surface area contributed by atoms with Gasteiger partial charge < -0.3 is 19.5 Å². The summed E-state index contributed by atoms with van der Waals surface area (Å²) in [4.78, 5) is 24.4. The van der Waals surface area contributed by atoms with Crippen LogP contribution in [-0.2, 0) is 6.54 Å². The van der Waals surface area contributed by atoms with E-state index in [1.54, 1.807) is 35.4 Å². The van der Waals surface area contributed by atoms with Crippen LogP contribution >= 0.6 is 0 Å². The van der Waals surface area contributed by atoms with Gasteiger partial charge in [-0.05, 0) is 85.9 Å². The summed E-state index contributed by atoms with van der Waals surface area (Å²) in [5.41, 5.74) is 3.41. The fourth-order valence-electron chi connectivity index (χ4n) is 4.50. The number of hydrogen-bond donors (Lipinski definition) is 1. The molecule has 4 aromatic rings. The molecule has 174 valence electrons. The third kappa shape index (κ3) is 4.79. The van der Waals surface area contributed by atoms with Crippen LogP contribution < -0.4 is 4.74 Å². The molecule has 6 nitrogen and oxygen atoms in total. The number of rotatable bonds is 5. The Morgan fingerprint density at radius 3 is 2.71 bits per heavy atom. The third-order valence-corrected chi connectivity index (χ3v) is 6.47. The van der Waals surface area contributed by atoms with Gasteiger partial charge in [0.15, 0.2) is 0 Å². The Hall–Kier alpha value is -3.71. The molecule has 1 saturated heterocycles. The first-order chi connectivity index (χ1) is 16.6. The standard InChI is InChI=1S/C27H27FN4O2/c1-31-14-10-23(11-15-31)32(27(33)34-26-4-2-3-12-30-26)18-22-17-19(5-7-24(22)28)20-6-8-25-21(16-20)9-13-29-25/h2-9,12-13,16-17,23,29H,10-11,14-15,18H2,1H3. The summed E-state index contributed by atoms with van der Waals surface area (Å²) >= 11 is 0. The molecule has 1 fully saturated rings. The van der Waals surface area contributed by atoms with E-state index in [2.05, 4.69) is 28.0 Å². The van der Waals surface area contributed by atoms with Gasteiger partial charge in [-0.15, -0.1) is 0 Å². The summed E-state index contributed by atoms with van der Waals surface area (Å²) in [6, 6.07) is 18.3. The van der Waals surface area contributed by atoms with E-state index in [1.165, 1.54) is 6.07 Å². The average Bonchev–Trinajstić information content (AvgIpc) is 3.33. The third-order valence-electron chi connectivity index (χ3n) is 6.47. The van der Waals surface area contributed by atoms with Gasteiger partial charge in [0.1, 0.15) is 5.82 Å². The number of fused-ring (bicyclic) bond motifs is 1. The summed E-state index contributed by atoms with van der Waals surface area (Å²) < 4.78 is 20.5. The van der Waals surface area contributed by atoms with Crippen molar-refractivity contribution in [1.82, 2.24) is 19.8 Å². The molecule has 2 aromatic carbocycles. The van der Waals surface area contributed by atoms with Crippen molar-refractivity contribution in [2.24, 2.45) is 0 Å². The van der Waals surface area contributed by atoms with Crippen LogP contribution in [0.15, 0.2) is 73.1 Å². The molecular weight excluding hydrogens is 431 g/mol. The predicted molar refractivity (Wildman–Crippen MR) is 130 cm³/mol. The lowest BCUT2D eigenvalue weighted by Gasteiger charge is -2.36. The number of hydrogen-bond acceptors (Lipinski definition) is 4. The van der Waals surface area contributed by atoms with E-state index in [1.807, 2.05) is 30.5 Å². The van der Waals surface area contributed by atoms with Crippen molar-refractivity contribution in [3.63, 3.8) is 0 Å². The van der Waals surface area contributed by atoms with Crippen LogP contribution in [0.5, 0.6) is 5.88 Å². The summed E-state index contributed by atoms with van der Waals surface area (Å²) in [6.45, 7) is 1.88. The highest BCUT2D eigenvalue weighted by Gasteiger charge is 2.29. The fraction of sp³-hybridized carbons (Fsp3) is 0.259. The van der Waals surface area contributed by atoms with E-state index in [4.69, 9.17) is 4.74 Å². The number of H-pyrrole nitrogens is 1. The number of nitrogens with one attached hydrogen (secondary N) is 1.